The zero-order chi connectivity index (χ0) is 22.0. The number of ether oxygens (including phenoxy) is 1. The molecule has 31 heavy (non-hydrogen) atoms. The molecule has 0 spiro atoms. The van der Waals surface area contributed by atoms with Gasteiger partial charge < -0.3 is 10.5 Å². The van der Waals surface area contributed by atoms with Gasteiger partial charge in [0.25, 0.3) is 0 Å². The van der Waals surface area contributed by atoms with Crippen molar-refractivity contribution in [2.45, 2.75) is 19.3 Å². The third-order valence-corrected chi connectivity index (χ3v) is 6.06. The Morgan fingerprint density at radius 2 is 1.74 bits per heavy atom. The fraction of sp³-hybridized carbons (Fsp3) is 0.240. The minimum Gasteiger partial charge on any atom is -0.440 e. The van der Waals surface area contributed by atoms with E-state index >= 15 is 0 Å². The molecule has 0 saturated carbocycles. The molecule has 4 rings (SSSR count). The van der Waals surface area contributed by atoms with E-state index in [2.05, 4.69) is 24.0 Å². The van der Waals surface area contributed by atoms with Crippen LogP contribution in [0.5, 0.6) is 0 Å². The van der Waals surface area contributed by atoms with Crippen molar-refractivity contribution in [3.63, 3.8) is 0 Å². The molecule has 1 unspecified atom stereocenters. The van der Waals surface area contributed by atoms with Crippen molar-refractivity contribution in [3.05, 3.63) is 98.1 Å². The molecule has 2 aliphatic rings. The largest absolute Gasteiger partial charge is 0.440 e. The summed E-state index contributed by atoms with van der Waals surface area (Å²) in [5, 5.41) is 11.2. The highest BCUT2D eigenvalue weighted by atomic mass is 35.5. The van der Waals surface area contributed by atoms with Crippen LogP contribution in [0.15, 0.2) is 76.9 Å². The summed E-state index contributed by atoms with van der Waals surface area (Å²) >= 11 is 12.2. The lowest BCUT2D eigenvalue weighted by Gasteiger charge is -2.38. The molecular weight excluding hydrogens is 429 g/mol. The Kier molecular flexibility index (Phi) is 6.38. The van der Waals surface area contributed by atoms with Gasteiger partial charge in [-0.3, -0.25) is 4.90 Å². The zero-order valence-electron chi connectivity index (χ0n) is 17.2. The van der Waals surface area contributed by atoms with Gasteiger partial charge in [0, 0.05) is 28.7 Å². The summed E-state index contributed by atoms with van der Waals surface area (Å²) in [7, 11) is 0. The topological polar surface area (TPSA) is 62.3 Å². The van der Waals surface area contributed by atoms with Crippen LogP contribution >= 0.6 is 23.2 Å². The number of nitrogens with two attached hydrogens (primary N) is 1. The number of nitrogens with zero attached hydrogens (tertiary/aromatic N) is 2. The maximum Gasteiger partial charge on any atom is 0.205 e. The van der Waals surface area contributed by atoms with Gasteiger partial charge >= 0.3 is 0 Å². The van der Waals surface area contributed by atoms with E-state index in [-0.39, 0.29) is 11.8 Å². The normalized spacial score (nSPS) is 20.5. The first-order chi connectivity index (χ1) is 15.0. The first-order valence-electron chi connectivity index (χ1n) is 10.2. The monoisotopic (exact) mass is 451 g/mol. The van der Waals surface area contributed by atoms with Gasteiger partial charge in [0.15, 0.2) is 0 Å². The number of halogens is 2. The first-order valence-corrected chi connectivity index (χ1v) is 11.0. The van der Waals surface area contributed by atoms with Gasteiger partial charge in [-0.15, -0.1) is 0 Å². The van der Waals surface area contributed by atoms with Crippen LogP contribution in [0.25, 0.3) is 6.08 Å². The predicted molar refractivity (Wildman–Crippen MR) is 125 cm³/mol. The number of benzene rings is 2. The third-order valence-electron chi connectivity index (χ3n) is 5.56. The summed E-state index contributed by atoms with van der Waals surface area (Å²) in [6.45, 7) is 4.58. The Balaban J connectivity index is 1.85. The van der Waals surface area contributed by atoms with Gasteiger partial charge in [-0.05, 0) is 60.0 Å². The van der Waals surface area contributed by atoms with Crippen molar-refractivity contribution in [1.82, 2.24) is 4.90 Å². The van der Waals surface area contributed by atoms with E-state index in [1.165, 1.54) is 0 Å². The maximum atomic E-state index is 9.88. The smallest absolute Gasteiger partial charge is 0.205 e. The van der Waals surface area contributed by atoms with E-state index in [1.54, 1.807) is 0 Å². The molecule has 0 saturated heterocycles. The van der Waals surface area contributed by atoms with Gasteiger partial charge in [-0.1, -0.05) is 54.4 Å². The second-order valence-corrected chi connectivity index (χ2v) is 8.64. The average Bonchev–Trinajstić information content (AvgIpc) is 2.76. The van der Waals surface area contributed by atoms with Crippen molar-refractivity contribution in [1.29, 1.82) is 5.26 Å². The van der Waals surface area contributed by atoms with Crippen LogP contribution in [0.2, 0.25) is 10.0 Å². The minimum absolute atomic E-state index is 0.159. The number of rotatable bonds is 4. The van der Waals surface area contributed by atoms with E-state index in [1.807, 2.05) is 48.5 Å². The van der Waals surface area contributed by atoms with Crippen molar-refractivity contribution >= 4 is 29.3 Å². The van der Waals surface area contributed by atoms with Crippen molar-refractivity contribution in [3.8, 4) is 6.07 Å². The molecular formula is C25H23Cl2N3O. The van der Waals surface area contributed by atoms with Crippen molar-refractivity contribution in [2.75, 3.05) is 19.6 Å². The van der Waals surface area contributed by atoms with Crippen LogP contribution < -0.4 is 5.73 Å². The Bertz CT molecular complexity index is 1110. The van der Waals surface area contributed by atoms with E-state index in [0.717, 1.165) is 47.5 Å². The van der Waals surface area contributed by atoms with Gasteiger partial charge in [-0.2, -0.15) is 5.26 Å². The molecule has 158 valence electrons. The standard InChI is InChI=1S/C25H23Cl2N3O/c1-2-11-30-14-18(12-16-3-7-19(26)8-4-16)24-22(15-30)23(21(13-28)25(29)31-24)17-5-9-20(27)10-6-17/h3-10,12,23H,2,11,14-15,29H2,1H3/b18-12-. The highest BCUT2D eigenvalue weighted by Crippen LogP contribution is 2.44. The van der Waals surface area contributed by atoms with Gasteiger partial charge in [0.2, 0.25) is 5.88 Å². The summed E-state index contributed by atoms with van der Waals surface area (Å²) in [5.74, 6) is 0.658. The SMILES string of the molecule is CCCN1CC2=C(OC(N)=C(C#N)C2c2ccc(Cl)cc2)/C(=C\c2ccc(Cl)cc2)C1. The number of nitriles is 1. The van der Waals surface area contributed by atoms with Crippen LogP contribution in [-0.2, 0) is 4.74 Å². The van der Waals surface area contributed by atoms with Crippen LogP contribution in [-0.4, -0.2) is 24.5 Å². The van der Waals surface area contributed by atoms with E-state index < -0.39 is 0 Å². The summed E-state index contributed by atoms with van der Waals surface area (Å²) in [5.41, 5.74) is 10.8. The number of allylic oxidation sites excluding steroid dienone is 1. The van der Waals surface area contributed by atoms with Gasteiger partial charge in [0.05, 0.1) is 5.92 Å². The third kappa shape index (κ3) is 4.50. The minimum atomic E-state index is -0.265. The molecule has 0 aromatic heterocycles. The highest BCUT2D eigenvalue weighted by Gasteiger charge is 2.37. The highest BCUT2D eigenvalue weighted by molar-refractivity contribution is 6.30. The van der Waals surface area contributed by atoms with Gasteiger partial charge in [-0.25, -0.2) is 0 Å². The van der Waals surface area contributed by atoms with Crippen LogP contribution in [0.4, 0.5) is 0 Å². The average molecular weight is 452 g/mol. The lowest BCUT2D eigenvalue weighted by molar-refractivity contribution is 0.234. The molecule has 2 N–H and O–H groups in total. The molecule has 2 aliphatic heterocycles. The van der Waals surface area contributed by atoms with E-state index in [9.17, 15) is 5.26 Å². The van der Waals surface area contributed by atoms with Crippen molar-refractivity contribution in [2.24, 2.45) is 5.73 Å². The maximum absolute atomic E-state index is 9.88. The first kappa shape index (κ1) is 21.5. The van der Waals surface area contributed by atoms with Crippen LogP contribution in [0, 0.1) is 11.3 Å². The fourth-order valence-electron chi connectivity index (χ4n) is 4.21. The number of hydrogen-bond donors (Lipinski definition) is 1. The van der Waals surface area contributed by atoms with Crippen molar-refractivity contribution < 1.29 is 4.74 Å². The molecule has 0 bridgehead atoms. The van der Waals surface area contributed by atoms with Gasteiger partial charge in [0.1, 0.15) is 17.4 Å². The number of hydrogen-bond acceptors (Lipinski definition) is 4. The second-order valence-electron chi connectivity index (χ2n) is 7.76. The summed E-state index contributed by atoms with van der Waals surface area (Å²) in [4.78, 5) is 2.38. The van der Waals surface area contributed by atoms with Crippen LogP contribution in [0.1, 0.15) is 30.4 Å². The Morgan fingerprint density at radius 3 is 2.35 bits per heavy atom. The van der Waals surface area contributed by atoms with E-state index in [4.69, 9.17) is 33.7 Å². The molecule has 2 heterocycles. The lowest BCUT2D eigenvalue weighted by atomic mass is 9.80. The molecule has 0 amide bonds. The summed E-state index contributed by atoms with van der Waals surface area (Å²) in [6.07, 6.45) is 3.14. The molecule has 2 aromatic rings. The Hall–Kier alpha value is -2.71. The fourth-order valence-corrected chi connectivity index (χ4v) is 4.46. The molecule has 0 radical (unpaired) electrons. The molecule has 2 aromatic carbocycles. The summed E-state index contributed by atoms with van der Waals surface area (Å²) < 4.78 is 6.07. The molecule has 0 fully saturated rings. The Morgan fingerprint density at radius 1 is 1.10 bits per heavy atom. The van der Waals surface area contributed by atoms with Crippen LogP contribution in [0.3, 0.4) is 0 Å². The molecule has 1 atom stereocenters. The lowest BCUT2D eigenvalue weighted by Crippen LogP contribution is -2.38. The zero-order valence-corrected chi connectivity index (χ0v) is 18.7. The Labute approximate surface area is 192 Å². The molecule has 0 aliphatic carbocycles. The quantitative estimate of drug-likeness (QED) is 0.631. The second kappa shape index (κ2) is 9.20. The molecule has 4 nitrogen and oxygen atoms in total. The summed E-state index contributed by atoms with van der Waals surface area (Å²) in [6, 6.07) is 17.6. The predicted octanol–water partition coefficient (Wildman–Crippen LogP) is 5.86. The van der Waals surface area contributed by atoms with E-state index in [0.29, 0.717) is 22.2 Å². The molecule has 6 heteroatoms.